The average Bonchev–Trinajstić information content (AvgIpc) is 2.50. The molecule has 5 heteroatoms. The van der Waals surface area contributed by atoms with E-state index in [1.807, 2.05) is 30.3 Å². The summed E-state index contributed by atoms with van der Waals surface area (Å²) in [5.74, 6) is -0.0989. The first-order chi connectivity index (χ1) is 11.2. The third-order valence-corrected chi connectivity index (χ3v) is 3.50. The van der Waals surface area contributed by atoms with Gasteiger partial charge in [-0.2, -0.15) is 0 Å². The molecule has 0 aromatic heterocycles. The molecule has 0 radical (unpaired) electrons. The van der Waals surface area contributed by atoms with Crippen molar-refractivity contribution in [2.24, 2.45) is 0 Å². The van der Waals surface area contributed by atoms with Gasteiger partial charge in [-0.05, 0) is 32.8 Å². The van der Waals surface area contributed by atoms with Crippen LogP contribution in [-0.2, 0) is 16.0 Å². The highest BCUT2D eigenvalue weighted by atomic mass is 16.6. The summed E-state index contributed by atoms with van der Waals surface area (Å²) in [6.45, 7) is 8.16. The molecule has 134 valence electrons. The van der Waals surface area contributed by atoms with Crippen molar-refractivity contribution in [2.45, 2.75) is 58.6 Å². The zero-order valence-corrected chi connectivity index (χ0v) is 15.5. The molecule has 1 aromatic carbocycles. The number of hydrogen-bond acceptors (Lipinski definition) is 3. The van der Waals surface area contributed by atoms with Crippen molar-refractivity contribution in [3.8, 4) is 0 Å². The normalized spacial score (nSPS) is 12.4. The van der Waals surface area contributed by atoms with Gasteiger partial charge >= 0.3 is 6.09 Å². The Bertz CT molecular complexity index is 523. The standard InChI is InChI=1S/C19H30N2O3/c1-6-7-13-21(5)17(22)16(14-15-11-9-8-10-12-15)20-18(23)24-19(2,3)4/h8-12,16H,6-7,13-14H2,1-5H3,(H,20,23). The van der Waals surface area contributed by atoms with Crippen molar-refractivity contribution < 1.29 is 14.3 Å². The Labute approximate surface area is 145 Å². The molecule has 1 rings (SSSR count). The van der Waals surface area contributed by atoms with Crippen LogP contribution in [0.1, 0.15) is 46.1 Å². The second-order valence-electron chi connectivity index (χ2n) is 7.00. The molecule has 24 heavy (non-hydrogen) atoms. The van der Waals surface area contributed by atoms with Crippen LogP contribution < -0.4 is 5.32 Å². The maximum atomic E-state index is 12.7. The number of likely N-dealkylation sites (N-methyl/N-ethyl adjacent to an activating group) is 1. The van der Waals surface area contributed by atoms with Gasteiger partial charge in [-0.3, -0.25) is 4.79 Å². The van der Waals surface area contributed by atoms with Crippen LogP contribution in [0.5, 0.6) is 0 Å². The monoisotopic (exact) mass is 334 g/mol. The fraction of sp³-hybridized carbons (Fsp3) is 0.579. The van der Waals surface area contributed by atoms with Gasteiger partial charge in [0.05, 0.1) is 0 Å². The second kappa shape index (κ2) is 9.30. The van der Waals surface area contributed by atoms with Gasteiger partial charge in [-0.25, -0.2) is 4.79 Å². The fourth-order valence-electron chi connectivity index (χ4n) is 2.27. The smallest absolute Gasteiger partial charge is 0.408 e. The Kier molecular flexibility index (Phi) is 7.75. The molecule has 1 N–H and O–H groups in total. The van der Waals surface area contributed by atoms with Crippen molar-refractivity contribution in [2.75, 3.05) is 13.6 Å². The lowest BCUT2D eigenvalue weighted by Gasteiger charge is -2.26. The van der Waals surface area contributed by atoms with Crippen LogP contribution in [0.2, 0.25) is 0 Å². The first-order valence-corrected chi connectivity index (χ1v) is 8.51. The number of unbranched alkanes of at least 4 members (excludes halogenated alkanes) is 1. The number of benzene rings is 1. The molecule has 0 saturated carbocycles. The van der Waals surface area contributed by atoms with Gasteiger partial charge in [0, 0.05) is 20.0 Å². The third-order valence-electron chi connectivity index (χ3n) is 3.50. The van der Waals surface area contributed by atoms with E-state index >= 15 is 0 Å². The molecular weight excluding hydrogens is 304 g/mol. The number of carbonyl (C=O) groups is 2. The molecule has 0 bridgehead atoms. The lowest BCUT2D eigenvalue weighted by molar-refractivity contribution is -0.132. The number of hydrogen-bond donors (Lipinski definition) is 1. The highest BCUT2D eigenvalue weighted by Gasteiger charge is 2.26. The minimum absolute atomic E-state index is 0.0989. The fourth-order valence-corrected chi connectivity index (χ4v) is 2.27. The molecular formula is C19H30N2O3. The molecule has 1 atom stereocenters. The lowest BCUT2D eigenvalue weighted by atomic mass is 10.0. The van der Waals surface area contributed by atoms with E-state index in [2.05, 4.69) is 12.2 Å². The largest absolute Gasteiger partial charge is 0.444 e. The molecule has 0 heterocycles. The minimum Gasteiger partial charge on any atom is -0.444 e. The summed E-state index contributed by atoms with van der Waals surface area (Å²) in [5, 5.41) is 2.73. The average molecular weight is 334 g/mol. The van der Waals surface area contributed by atoms with Crippen molar-refractivity contribution >= 4 is 12.0 Å². The van der Waals surface area contributed by atoms with Crippen LogP contribution >= 0.6 is 0 Å². The van der Waals surface area contributed by atoms with E-state index in [1.165, 1.54) is 0 Å². The van der Waals surface area contributed by atoms with Crippen molar-refractivity contribution in [3.63, 3.8) is 0 Å². The van der Waals surface area contributed by atoms with E-state index < -0.39 is 17.7 Å². The van der Waals surface area contributed by atoms with Crippen molar-refractivity contribution in [1.29, 1.82) is 0 Å². The van der Waals surface area contributed by atoms with Gasteiger partial charge in [0.2, 0.25) is 5.91 Å². The molecule has 5 nitrogen and oxygen atoms in total. The van der Waals surface area contributed by atoms with E-state index in [0.717, 1.165) is 18.4 Å². The summed E-state index contributed by atoms with van der Waals surface area (Å²) in [4.78, 5) is 26.5. The number of nitrogens with zero attached hydrogens (tertiary/aromatic N) is 1. The summed E-state index contributed by atoms with van der Waals surface area (Å²) in [7, 11) is 1.77. The van der Waals surface area contributed by atoms with E-state index in [1.54, 1.807) is 32.7 Å². The summed E-state index contributed by atoms with van der Waals surface area (Å²) >= 11 is 0. The first-order valence-electron chi connectivity index (χ1n) is 8.51. The minimum atomic E-state index is -0.635. The summed E-state index contributed by atoms with van der Waals surface area (Å²) < 4.78 is 5.30. The van der Waals surface area contributed by atoms with Gasteiger partial charge in [0.15, 0.2) is 0 Å². The predicted octanol–water partition coefficient (Wildman–Crippen LogP) is 3.38. The van der Waals surface area contributed by atoms with E-state index in [9.17, 15) is 9.59 Å². The van der Waals surface area contributed by atoms with Gasteiger partial charge in [-0.15, -0.1) is 0 Å². The van der Waals surface area contributed by atoms with E-state index in [0.29, 0.717) is 13.0 Å². The number of alkyl carbamates (subject to hydrolysis) is 1. The SMILES string of the molecule is CCCCN(C)C(=O)C(Cc1ccccc1)NC(=O)OC(C)(C)C. The Morgan fingerprint density at radius 2 is 1.83 bits per heavy atom. The number of nitrogens with one attached hydrogen (secondary N) is 1. The molecule has 1 aromatic rings. The molecule has 0 spiro atoms. The van der Waals surface area contributed by atoms with Crippen LogP contribution in [0.25, 0.3) is 0 Å². The summed E-state index contributed by atoms with van der Waals surface area (Å²) in [6.07, 6.45) is 1.82. The Morgan fingerprint density at radius 1 is 1.21 bits per heavy atom. The Balaban J connectivity index is 2.82. The van der Waals surface area contributed by atoms with Crippen LogP contribution in [0.4, 0.5) is 4.79 Å². The molecule has 1 unspecified atom stereocenters. The maximum absolute atomic E-state index is 12.7. The van der Waals surface area contributed by atoms with Crippen LogP contribution in [0.3, 0.4) is 0 Å². The maximum Gasteiger partial charge on any atom is 0.408 e. The molecule has 0 saturated heterocycles. The molecule has 0 fully saturated rings. The predicted molar refractivity (Wildman–Crippen MR) is 95.8 cm³/mol. The molecule has 0 aliphatic carbocycles. The number of rotatable bonds is 7. The second-order valence-corrected chi connectivity index (χ2v) is 7.00. The Hall–Kier alpha value is -2.04. The zero-order valence-electron chi connectivity index (χ0n) is 15.5. The summed E-state index contributed by atoms with van der Waals surface area (Å²) in [5.41, 5.74) is 0.397. The molecule has 0 aliphatic rings. The number of carbonyl (C=O) groups excluding carboxylic acids is 2. The lowest BCUT2D eigenvalue weighted by Crippen LogP contribution is -2.50. The highest BCUT2D eigenvalue weighted by Crippen LogP contribution is 2.10. The van der Waals surface area contributed by atoms with Crippen molar-refractivity contribution in [1.82, 2.24) is 10.2 Å². The summed E-state index contributed by atoms with van der Waals surface area (Å²) in [6, 6.07) is 9.03. The van der Waals surface area contributed by atoms with Crippen LogP contribution in [-0.4, -0.2) is 42.1 Å². The van der Waals surface area contributed by atoms with E-state index in [-0.39, 0.29) is 5.91 Å². The molecule has 2 amide bonds. The van der Waals surface area contributed by atoms with Gasteiger partial charge in [0.1, 0.15) is 11.6 Å². The first kappa shape index (κ1) is 20.0. The topological polar surface area (TPSA) is 58.6 Å². The quantitative estimate of drug-likeness (QED) is 0.831. The van der Waals surface area contributed by atoms with E-state index in [4.69, 9.17) is 4.74 Å². The van der Waals surface area contributed by atoms with Gasteiger partial charge in [0.25, 0.3) is 0 Å². The number of amides is 2. The molecule has 0 aliphatic heterocycles. The van der Waals surface area contributed by atoms with Crippen LogP contribution in [0, 0.1) is 0 Å². The van der Waals surface area contributed by atoms with Gasteiger partial charge in [-0.1, -0.05) is 43.7 Å². The third kappa shape index (κ3) is 7.49. The van der Waals surface area contributed by atoms with Gasteiger partial charge < -0.3 is 15.0 Å². The highest BCUT2D eigenvalue weighted by molar-refractivity contribution is 5.85. The Morgan fingerprint density at radius 3 is 2.38 bits per heavy atom. The van der Waals surface area contributed by atoms with Crippen molar-refractivity contribution in [3.05, 3.63) is 35.9 Å². The number of ether oxygens (including phenoxy) is 1. The zero-order chi connectivity index (χ0) is 18.2. The van der Waals surface area contributed by atoms with Crippen LogP contribution in [0.15, 0.2) is 30.3 Å².